The largest absolute Gasteiger partial charge is 0.479 e. The standard InChI is InChI=1S/C18H18FNO4/c1-12-5-3-8-16(9-12)24-13(2)18(22)23-11-17(21)20-15-7-4-6-14(19)10-15/h3-10,13H,11H2,1-2H3,(H,20,21)/t13-/m0/s1. The van der Waals surface area contributed by atoms with Crippen LogP contribution in [0.15, 0.2) is 48.5 Å². The fraction of sp³-hybridized carbons (Fsp3) is 0.222. The average molecular weight is 331 g/mol. The number of esters is 1. The van der Waals surface area contributed by atoms with Crippen LogP contribution in [0, 0.1) is 12.7 Å². The second kappa shape index (κ2) is 8.10. The highest BCUT2D eigenvalue weighted by Gasteiger charge is 2.18. The molecular weight excluding hydrogens is 313 g/mol. The molecule has 0 aliphatic rings. The number of carbonyl (C=O) groups excluding carboxylic acids is 2. The molecule has 5 nitrogen and oxygen atoms in total. The molecule has 1 atom stereocenters. The number of nitrogens with one attached hydrogen (secondary N) is 1. The van der Waals surface area contributed by atoms with Gasteiger partial charge in [0.15, 0.2) is 12.7 Å². The summed E-state index contributed by atoms with van der Waals surface area (Å²) < 4.78 is 23.4. The van der Waals surface area contributed by atoms with Crippen molar-refractivity contribution >= 4 is 17.6 Å². The molecule has 0 aliphatic heterocycles. The van der Waals surface area contributed by atoms with Gasteiger partial charge in [0.25, 0.3) is 5.91 Å². The molecule has 0 saturated carbocycles. The van der Waals surface area contributed by atoms with Crippen molar-refractivity contribution in [1.29, 1.82) is 0 Å². The van der Waals surface area contributed by atoms with Crippen LogP contribution in [0.2, 0.25) is 0 Å². The van der Waals surface area contributed by atoms with Gasteiger partial charge in [0.05, 0.1) is 0 Å². The zero-order valence-corrected chi connectivity index (χ0v) is 13.4. The number of hydrogen-bond acceptors (Lipinski definition) is 4. The van der Waals surface area contributed by atoms with Crippen molar-refractivity contribution in [3.8, 4) is 5.75 Å². The number of carbonyl (C=O) groups is 2. The summed E-state index contributed by atoms with van der Waals surface area (Å²) in [5, 5.41) is 2.44. The van der Waals surface area contributed by atoms with Gasteiger partial charge in [0.2, 0.25) is 0 Å². The number of hydrogen-bond donors (Lipinski definition) is 1. The quantitative estimate of drug-likeness (QED) is 0.826. The smallest absolute Gasteiger partial charge is 0.347 e. The Hall–Kier alpha value is -2.89. The molecule has 0 radical (unpaired) electrons. The van der Waals surface area contributed by atoms with Gasteiger partial charge < -0.3 is 14.8 Å². The van der Waals surface area contributed by atoms with Crippen LogP contribution < -0.4 is 10.1 Å². The number of anilines is 1. The first kappa shape index (κ1) is 17.5. The minimum absolute atomic E-state index is 0.292. The molecule has 0 bridgehead atoms. The third kappa shape index (κ3) is 5.39. The van der Waals surface area contributed by atoms with Gasteiger partial charge in [0, 0.05) is 5.69 Å². The SMILES string of the molecule is Cc1cccc(O[C@@H](C)C(=O)OCC(=O)Nc2cccc(F)c2)c1. The van der Waals surface area contributed by atoms with Crippen LogP contribution in [0.5, 0.6) is 5.75 Å². The van der Waals surface area contributed by atoms with E-state index >= 15 is 0 Å². The van der Waals surface area contributed by atoms with Gasteiger partial charge in [-0.1, -0.05) is 18.2 Å². The minimum atomic E-state index is -0.853. The summed E-state index contributed by atoms with van der Waals surface area (Å²) in [6.45, 7) is 2.97. The van der Waals surface area contributed by atoms with Crippen molar-refractivity contribution in [2.24, 2.45) is 0 Å². The Kier molecular flexibility index (Phi) is 5.89. The van der Waals surface area contributed by atoms with Crippen molar-refractivity contribution in [2.75, 3.05) is 11.9 Å². The Morgan fingerprint density at radius 1 is 1.17 bits per heavy atom. The maximum absolute atomic E-state index is 13.0. The molecule has 126 valence electrons. The molecule has 0 aromatic heterocycles. The predicted molar refractivity (Wildman–Crippen MR) is 87.3 cm³/mol. The van der Waals surface area contributed by atoms with Crippen molar-refractivity contribution in [1.82, 2.24) is 0 Å². The molecule has 6 heteroatoms. The molecule has 0 heterocycles. The van der Waals surface area contributed by atoms with Crippen LogP contribution in [0.4, 0.5) is 10.1 Å². The van der Waals surface area contributed by atoms with Crippen molar-refractivity contribution < 1.29 is 23.5 Å². The van der Waals surface area contributed by atoms with Gasteiger partial charge >= 0.3 is 5.97 Å². The van der Waals surface area contributed by atoms with E-state index in [-0.39, 0.29) is 0 Å². The number of benzene rings is 2. The van der Waals surface area contributed by atoms with E-state index < -0.39 is 30.4 Å². The lowest BCUT2D eigenvalue weighted by atomic mass is 10.2. The van der Waals surface area contributed by atoms with Gasteiger partial charge in [-0.2, -0.15) is 0 Å². The highest BCUT2D eigenvalue weighted by Crippen LogP contribution is 2.14. The molecule has 24 heavy (non-hydrogen) atoms. The molecule has 0 fully saturated rings. The highest BCUT2D eigenvalue weighted by molar-refractivity contribution is 5.93. The average Bonchev–Trinajstić information content (AvgIpc) is 2.52. The molecule has 2 aromatic carbocycles. The lowest BCUT2D eigenvalue weighted by molar-refractivity contribution is -0.153. The Bertz CT molecular complexity index is 732. The Labute approximate surface area is 139 Å². The van der Waals surface area contributed by atoms with Crippen LogP contribution in [0.1, 0.15) is 12.5 Å². The molecule has 2 aromatic rings. The van der Waals surface area contributed by atoms with Crippen LogP contribution >= 0.6 is 0 Å². The van der Waals surface area contributed by atoms with Gasteiger partial charge in [-0.3, -0.25) is 4.79 Å². The highest BCUT2D eigenvalue weighted by atomic mass is 19.1. The molecule has 1 amide bonds. The monoisotopic (exact) mass is 331 g/mol. The minimum Gasteiger partial charge on any atom is -0.479 e. The summed E-state index contributed by atoms with van der Waals surface area (Å²) in [6, 6.07) is 12.7. The summed E-state index contributed by atoms with van der Waals surface area (Å²) in [4.78, 5) is 23.6. The molecule has 0 saturated heterocycles. The fourth-order valence-corrected chi connectivity index (χ4v) is 1.96. The molecule has 0 spiro atoms. The van der Waals surface area contributed by atoms with Crippen LogP contribution in [-0.2, 0) is 14.3 Å². The first-order valence-corrected chi connectivity index (χ1v) is 7.39. The lowest BCUT2D eigenvalue weighted by Gasteiger charge is -2.14. The van der Waals surface area contributed by atoms with E-state index in [2.05, 4.69) is 5.32 Å². The Morgan fingerprint density at radius 2 is 1.92 bits per heavy atom. The predicted octanol–water partition coefficient (Wildman–Crippen LogP) is 3.08. The van der Waals surface area contributed by atoms with Crippen molar-refractivity contribution in [2.45, 2.75) is 20.0 Å². The van der Waals surface area contributed by atoms with Gasteiger partial charge in [-0.05, 0) is 49.7 Å². The van der Waals surface area contributed by atoms with Gasteiger partial charge in [-0.15, -0.1) is 0 Å². The molecule has 0 unspecified atom stereocenters. The van der Waals surface area contributed by atoms with E-state index in [0.29, 0.717) is 11.4 Å². The van der Waals surface area contributed by atoms with Crippen molar-refractivity contribution in [3.05, 3.63) is 59.9 Å². The van der Waals surface area contributed by atoms with E-state index in [4.69, 9.17) is 9.47 Å². The fourth-order valence-electron chi connectivity index (χ4n) is 1.96. The lowest BCUT2D eigenvalue weighted by Crippen LogP contribution is -2.29. The van der Waals surface area contributed by atoms with E-state index in [9.17, 15) is 14.0 Å². The molecule has 2 rings (SSSR count). The zero-order chi connectivity index (χ0) is 17.5. The summed E-state index contributed by atoms with van der Waals surface area (Å²) in [7, 11) is 0. The normalized spacial score (nSPS) is 11.5. The molecule has 1 N–H and O–H groups in total. The second-order valence-electron chi connectivity index (χ2n) is 5.24. The third-order valence-electron chi connectivity index (χ3n) is 3.09. The summed E-state index contributed by atoms with van der Waals surface area (Å²) in [5.74, 6) is -1.14. The topological polar surface area (TPSA) is 64.6 Å². The van der Waals surface area contributed by atoms with Crippen molar-refractivity contribution in [3.63, 3.8) is 0 Å². The molecule has 0 aliphatic carbocycles. The zero-order valence-electron chi connectivity index (χ0n) is 13.4. The third-order valence-corrected chi connectivity index (χ3v) is 3.09. The number of ether oxygens (including phenoxy) is 2. The van der Waals surface area contributed by atoms with Crippen LogP contribution in [-0.4, -0.2) is 24.6 Å². The Balaban J connectivity index is 1.80. The van der Waals surface area contributed by atoms with Gasteiger partial charge in [-0.25, -0.2) is 9.18 Å². The van der Waals surface area contributed by atoms with E-state index in [1.165, 1.54) is 31.2 Å². The summed E-state index contributed by atoms with van der Waals surface area (Å²) in [6.07, 6.45) is -0.853. The number of halogens is 1. The Morgan fingerprint density at radius 3 is 2.62 bits per heavy atom. The number of rotatable bonds is 6. The first-order valence-electron chi connectivity index (χ1n) is 7.39. The first-order chi connectivity index (χ1) is 11.4. The van der Waals surface area contributed by atoms with Crippen LogP contribution in [0.25, 0.3) is 0 Å². The number of amides is 1. The van der Waals surface area contributed by atoms with Gasteiger partial charge in [0.1, 0.15) is 11.6 Å². The van der Waals surface area contributed by atoms with E-state index in [0.717, 1.165) is 5.56 Å². The maximum Gasteiger partial charge on any atom is 0.347 e. The van der Waals surface area contributed by atoms with E-state index in [1.54, 1.807) is 12.1 Å². The maximum atomic E-state index is 13.0. The molecular formula is C18H18FNO4. The summed E-state index contributed by atoms with van der Waals surface area (Å²) >= 11 is 0. The van der Waals surface area contributed by atoms with Crippen LogP contribution in [0.3, 0.4) is 0 Å². The second-order valence-corrected chi connectivity index (χ2v) is 5.24. The number of aryl methyl sites for hydroxylation is 1. The van der Waals surface area contributed by atoms with E-state index in [1.807, 2.05) is 19.1 Å². The summed E-state index contributed by atoms with van der Waals surface area (Å²) in [5.41, 5.74) is 1.29.